The third-order valence-electron chi connectivity index (χ3n) is 3.38. The monoisotopic (exact) mass is 264 g/mol. The molecule has 0 saturated heterocycles. The van der Waals surface area contributed by atoms with E-state index in [0.29, 0.717) is 18.0 Å². The smallest absolute Gasteiger partial charge is 0.227 e. The number of anilines is 1. The Bertz CT molecular complexity index is 418. The molecule has 0 spiro atoms. The first-order chi connectivity index (χ1) is 8.95. The van der Waals surface area contributed by atoms with E-state index in [-0.39, 0.29) is 24.5 Å². The number of amides is 1. The number of nitrogens with two attached hydrogens (primary N) is 1. The maximum absolute atomic E-state index is 12.2. The van der Waals surface area contributed by atoms with Crippen LogP contribution in [0.15, 0.2) is 24.3 Å². The molecule has 0 aliphatic heterocycles. The van der Waals surface area contributed by atoms with Crippen molar-refractivity contribution in [2.45, 2.75) is 39.2 Å². The highest BCUT2D eigenvalue weighted by atomic mass is 16.3. The highest BCUT2D eigenvalue weighted by Gasteiger charge is 2.20. The lowest BCUT2D eigenvalue weighted by Crippen LogP contribution is -2.41. The molecule has 1 amide bonds. The summed E-state index contributed by atoms with van der Waals surface area (Å²) in [6.45, 7) is 6.01. The summed E-state index contributed by atoms with van der Waals surface area (Å²) < 4.78 is 0. The van der Waals surface area contributed by atoms with Gasteiger partial charge in [0.2, 0.25) is 5.91 Å². The Morgan fingerprint density at radius 1 is 1.37 bits per heavy atom. The van der Waals surface area contributed by atoms with Gasteiger partial charge in [-0.2, -0.15) is 0 Å². The van der Waals surface area contributed by atoms with Crippen LogP contribution >= 0.6 is 0 Å². The number of nitrogen functional groups attached to an aromatic ring is 1. The molecular weight excluding hydrogens is 240 g/mol. The predicted molar refractivity (Wildman–Crippen MR) is 77.7 cm³/mol. The zero-order valence-corrected chi connectivity index (χ0v) is 11.9. The molecule has 4 heteroatoms. The lowest BCUT2D eigenvalue weighted by Gasteiger charge is -2.23. The van der Waals surface area contributed by atoms with Gasteiger partial charge in [-0.15, -0.1) is 0 Å². The second kappa shape index (κ2) is 7.14. The van der Waals surface area contributed by atoms with Gasteiger partial charge in [-0.3, -0.25) is 4.79 Å². The Morgan fingerprint density at radius 2 is 2.05 bits per heavy atom. The maximum Gasteiger partial charge on any atom is 0.227 e. The number of nitrogens with one attached hydrogen (secondary N) is 1. The van der Waals surface area contributed by atoms with E-state index in [1.807, 2.05) is 39.0 Å². The normalized spacial score (nSPS) is 14.2. The number of carbonyl (C=O) groups excluding carboxylic acids is 1. The molecule has 0 heterocycles. The Kier molecular flexibility index (Phi) is 5.83. The second-order valence-corrected chi connectivity index (χ2v) is 5.26. The van der Waals surface area contributed by atoms with Gasteiger partial charge in [0, 0.05) is 18.3 Å². The van der Waals surface area contributed by atoms with Crippen molar-refractivity contribution < 1.29 is 9.90 Å². The molecule has 1 aromatic rings. The van der Waals surface area contributed by atoms with Gasteiger partial charge in [0.15, 0.2) is 0 Å². The highest BCUT2D eigenvalue weighted by molar-refractivity contribution is 5.83. The summed E-state index contributed by atoms with van der Waals surface area (Å²) in [6, 6.07) is 7.37. The van der Waals surface area contributed by atoms with E-state index in [1.165, 1.54) is 0 Å². The summed E-state index contributed by atoms with van der Waals surface area (Å²) in [5.41, 5.74) is 7.30. The Labute approximate surface area is 115 Å². The van der Waals surface area contributed by atoms with Crippen LogP contribution in [-0.2, 0) is 4.79 Å². The summed E-state index contributed by atoms with van der Waals surface area (Å²) in [5.74, 6) is 0.0188. The van der Waals surface area contributed by atoms with Gasteiger partial charge in [-0.25, -0.2) is 0 Å². The fourth-order valence-electron chi connectivity index (χ4n) is 2.00. The van der Waals surface area contributed by atoms with E-state index in [4.69, 9.17) is 10.8 Å². The van der Waals surface area contributed by atoms with Gasteiger partial charge in [0.05, 0.1) is 5.92 Å². The Morgan fingerprint density at radius 3 is 2.58 bits per heavy atom. The molecule has 106 valence electrons. The van der Waals surface area contributed by atoms with Crippen LogP contribution in [0.25, 0.3) is 0 Å². The van der Waals surface area contributed by atoms with E-state index >= 15 is 0 Å². The van der Waals surface area contributed by atoms with Crippen molar-refractivity contribution in [3.8, 4) is 0 Å². The van der Waals surface area contributed by atoms with Gasteiger partial charge in [0.1, 0.15) is 0 Å². The summed E-state index contributed by atoms with van der Waals surface area (Å²) in [4.78, 5) is 12.2. The molecule has 1 aromatic carbocycles. The zero-order valence-electron chi connectivity index (χ0n) is 11.9. The van der Waals surface area contributed by atoms with E-state index in [9.17, 15) is 4.79 Å². The summed E-state index contributed by atoms with van der Waals surface area (Å²) in [7, 11) is 0. The fourth-order valence-corrected chi connectivity index (χ4v) is 2.00. The number of hydrogen-bond donors (Lipinski definition) is 3. The average Bonchev–Trinajstić information content (AvgIpc) is 2.37. The van der Waals surface area contributed by atoms with Crippen LogP contribution in [0.1, 0.15) is 38.7 Å². The topological polar surface area (TPSA) is 75.3 Å². The highest BCUT2D eigenvalue weighted by Crippen LogP contribution is 2.18. The lowest BCUT2D eigenvalue weighted by atomic mass is 9.96. The van der Waals surface area contributed by atoms with Gasteiger partial charge in [-0.1, -0.05) is 26.0 Å². The van der Waals surface area contributed by atoms with E-state index < -0.39 is 0 Å². The number of aliphatic hydroxyl groups excluding tert-OH is 1. The Hall–Kier alpha value is -1.55. The molecule has 0 aliphatic rings. The molecule has 1 rings (SSSR count). The molecule has 0 aliphatic carbocycles. The van der Waals surface area contributed by atoms with Crippen LogP contribution in [0.4, 0.5) is 5.69 Å². The molecule has 0 radical (unpaired) electrons. The van der Waals surface area contributed by atoms with Crippen LogP contribution in [0.3, 0.4) is 0 Å². The largest absolute Gasteiger partial charge is 0.399 e. The number of carbonyl (C=O) groups is 1. The van der Waals surface area contributed by atoms with E-state index in [2.05, 4.69) is 5.32 Å². The van der Waals surface area contributed by atoms with Crippen molar-refractivity contribution in [2.75, 3.05) is 12.3 Å². The molecule has 0 saturated carbocycles. The predicted octanol–water partition coefficient (Wildman–Crippen LogP) is 1.90. The van der Waals surface area contributed by atoms with Crippen LogP contribution in [0.5, 0.6) is 0 Å². The zero-order chi connectivity index (χ0) is 14.4. The van der Waals surface area contributed by atoms with Crippen molar-refractivity contribution >= 4 is 11.6 Å². The number of hydrogen-bond acceptors (Lipinski definition) is 3. The summed E-state index contributed by atoms with van der Waals surface area (Å²) in [6.07, 6.45) is 0.576. The van der Waals surface area contributed by atoms with Crippen LogP contribution in [-0.4, -0.2) is 23.7 Å². The third kappa shape index (κ3) is 4.56. The van der Waals surface area contributed by atoms with Gasteiger partial charge in [0.25, 0.3) is 0 Å². The second-order valence-electron chi connectivity index (χ2n) is 5.26. The molecule has 4 N–H and O–H groups in total. The Balaban J connectivity index is 2.71. The fraction of sp³-hybridized carbons (Fsp3) is 0.533. The van der Waals surface area contributed by atoms with Crippen molar-refractivity contribution in [1.82, 2.24) is 5.32 Å². The molecule has 0 aromatic heterocycles. The van der Waals surface area contributed by atoms with Crippen molar-refractivity contribution in [1.29, 1.82) is 0 Å². The maximum atomic E-state index is 12.2. The molecule has 2 atom stereocenters. The number of benzene rings is 1. The average molecular weight is 264 g/mol. The first-order valence-corrected chi connectivity index (χ1v) is 6.72. The first kappa shape index (κ1) is 15.5. The van der Waals surface area contributed by atoms with Crippen LogP contribution in [0, 0.1) is 5.92 Å². The number of aliphatic hydroxyl groups is 1. The SMILES string of the molecule is CC(C(=O)NC(CCO)C(C)C)c1cccc(N)c1. The quantitative estimate of drug-likeness (QED) is 0.687. The standard InChI is InChI=1S/C15H24N2O2/c1-10(2)14(7-8-18)17-15(19)11(3)12-5-4-6-13(16)9-12/h4-6,9-11,14,18H,7-8,16H2,1-3H3,(H,17,19). The van der Waals surface area contributed by atoms with Crippen LogP contribution < -0.4 is 11.1 Å². The minimum Gasteiger partial charge on any atom is -0.399 e. The summed E-state index contributed by atoms with van der Waals surface area (Å²) >= 11 is 0. The van der Waals surface area contributed by atoms with Crippen molar-refractivity contribution in [3.05, 3.63) is 29.8 Å². The summed E-state index contributed by atoms with van der Waals surface area (Å²) in [5, 5.41) is 12.0. The number of rotatable bonds is 6. The first-order valence-electron chi connectivity index (χ1n) is 6.72. The molecule has 0 fully saturated rings. The minimum absolute atomic E-state index is 0.000934. The van der Waals surface area contributed by atoms with E-state index in [0.717, 1.165) is 5.56 Å². The minimum atomic E-state index is -0.247. The molecular formula is C15H24N2O2. The third-order valence-corrected chi connectivity index (χ3v) is 3.38. The molecule has 19 heavy (non-hydrogen) atoms. The molecule has 4 nitrogen and oxygen atoms in total. The lowest BCUT2D eigenvalue weighted by molar-refractivity contribution is -0.123. The van der Waals surface area contributed by atoms with Gasteiger partial charge in [-0.05, 0) is 37.0 Å². The van der Waals surface area contributed by atoms with Gasteiger partial charge < -0.3 is 16.2 Å². The van der Waals surface area contributed by atoms with Crippen LogP contribution in [0.2, 0.25) is 0 Å². The molecule has 2 unspecified atom stereocenters. The van der Waals surface area contributed by atoms with Crippen molar-refractivity contribution in [3.63, 3.8) is 0 Å². The van der Waals surface area contributed by atoms with Gasteiger partial charge >= 0.3 is 0 Å². The molecule has 0 bridgehead atoms. The van der Waals surface area contributed by atoms with Crippen molar-refractivity contribution in [2.24, 2.45) is 5.92 Å². The van der Waals surface area contributed by atoms with E-state index in [1.54, 1.807) is 6.07 Å².